The molecular weight excluding hydrogens is 267 g/mol. The smallest absolute Gasteiger partial charge is 0.309 e. The first kappa shape index (κ1) is 15.3. The second-order valence-electron chi connectivity index (χ2n) is 5.39. The van der Waals surface area contributed by atoms with Crippen LogP contribution in [-0.4, -0.2) is 42.2 Å². The van der Waals surface area contributed by atoms with Crippen molar-refractivity contribution in [1.29, 1.82) is 0 Å². The van der Waals surface area contributed by atoms with Gasteiger partial charge < -0.3 is 5.32 Å². The lowest BCUT2D eigenvalue weighted by molar-refractivity contribution is -0.143. The third kappa shape index (κ3) is 4.76. The molecule has 2 atom stereocenters. The summed E-state index contributed by atoms with van der Waals surface area (Å²) in [7, 11) is 0. The van der Waals surface area contributed by atoms with E-state index in [9.17, 15) is 13.2 Å². The Kier molecular flexibility index (Phi) is 4.99. The monoisotopic (exact) mass is 287 g/mol. The Morgan fingerprint density at radius 3 is 2.90 bits per heavy atom. The summed E-state index contributed by atoms with van der Waals surface area (Å²) in [6.45, 7) is 3.00. The van der Waals surface area contributed by atoms with Crippen molar-refractivity contribution in [3.63, 3.8) is 0 Å². The maximum absolute atomic E-state index is 12.3. The molecule has 0 unspecified atom stereocenters. The molecule has 1 fully saturated rings. The zero-order chi connectivity index (χ0) is 14.6. The molecule has 0 amide bonds. The van der Waals surface area contributed by atoms with Gasteiger partial charge in [-0.05, 0) is 44.5 Å². The zero-order valence-electron chi connectivity index (χ0n) is 11.5. The molecule has 1 saturated heterocycles. The van der Waals surface area contributed by atoms with Gasteiger partial charge in [-0.2, -0.15) is 13.2 Å². The van der Waals surface area contributed by atoms with Crippen molar-refractivity contribution < 1.29 is 13.2 Å². The Morgan fingerprint density at radius 2 is 2.25 bits per heavy atom. The van der Waals surface area contributed by atoms with E-state index < -0.39 is 12.7 Å². The maximum atomic E-state index is 12.3. The van der Waals surface area contributed by atoms with Crippen LogP contribution in [0.3, 0.4) is 0 Å². The molecule has 1 N–H and O–H groups in total. The molecule has 1 aliphatic rings. The predicted octanol–water partition coefficient (Wildman–Crippen LogP) is 2.62. The highest BCUT2D eigenvalue weighted by Gasteiger charge is 2.34. The van der Waals surface area contributed by atoms with Crippen molar-refractivity contribution in [2.75, 3.05) is 26.2 Å². The number of likely N-dealkylation sites (tertiary alicyclic amines) is 1. The van der Waals surface area contributed by atoms with Gasteiger partial charge in [0.05, 0.1) is 12.2 Å². The molecule has 0 saturated carbocycles. The normalized spacial score (nSPS) is 22.1. The fraction of sp³-hybridized carbons (Fsp3) is 0.643. The number of alkyl halides is 3. The first-order valence-electron chi connectivity index (χ1n) is 6.87. The average molecular weight is 287 g/mol. The van der Waals surface area contributed by atoms with Crippen LogP contribution in [0.25, 0.3) is 0 Å². The van der Waals surface area contributed by atoms with Gasteiger partial charge in [0, 0.05) is 18.8 Å². The van der Waals surface area contributed by atoms with Crippen LogP contribution < -0.4 is 5.32 Å². The van der Waals surface area contributed by atoms with E-state index in [1.807, 2.05) is 25.1 Å². The lowest BCUT2D eigenvalue weighted by Crippen LogP contribution is -2.34. The average Bonchev–Trinajstić information content (AvgIpc) is 2.82. The van der Waals surface area contributed by atoms with Gasteiger partial charge in [-0.15, -0.1) is 0 Å². The first-order chi connectivity index (χ1) is 9.44. The summed E-state index contributed by atoms with van der Waals surface area (Å²) >= 11 is 0. The maximum Gasteiger partial charge on any atom is 0.401 e. The lowest BCUT2D eigenvalue weighted by Gasteiger charge is -2.19. The van der Waals surface area contributed by atoms with Crippen LogP contribution in [0.15, 0.2) is 24.4 Å². The van der Waals surface area contributed by atoms with E-state index in [-0.39, 0.29) is 12.0 Å². The van der Waals surface area contributed by atoms with Gasteiger partial charge >= 0.3 is 6.18 Å². The van der Waals surface area contributed by atoms with E-state index in [1.54, 1.807) is 6.20 Å². The van der Waals surface area contributed by atoms with Crippen molar-refractivity contribution in [3.05, 3.63) is 30.1 Å². The number of nitrogens with one attached hydrogen (secondary N) is 1. The van der Waals surface area contributed by atoms with Gasteiger partial charge in [0.1, 0.15) is 0 Å². The Balaban J connectivity index is 1.73. The van der Waals surface area contributed by atoms with E-state index in [0.29, 0.717) is 13.1 Å². The molecule has 20 heavy (non-hydrogen) atoms. The van der Waals surface area contributed by atoms with E-state index in [2.05, 4.69) is 10.3 Å². The molecule has 1 aromatic rings. The third-order valence-corrected chi connectivity index (χ3v) is 3.62. The number of hydrogen-bond acceptors (Lipinski definition) is 3. The topological polar surface area (TPSA) is 28.2 Å². The number of pyridine rings is 1. The largest absolute Gasteiger partial charge is 0.401 e. The quantitative estimate of drug-likeness (QED) is 0.902. The van der Waals surface area contributed by atoms with Crippen LogP contribution >= 0.6 is 0 Å². The van der Waals surface area contributed by atoms with Gasteiger partial charge in [0.25, 0.3) is 0 Å². The summed E-state index contributed by atoms with van der Waals surface area (Å²) in [5, 5.41) is 3.35. The van der Waals surface area contributed by atoms with Crippen LogP contribution in [0.5, 0.6) is 0 Å². The highest BCUT2D eigenvalue weighted by molar-refractivity contribution is 5.07. The molecule has 3 nitrogen and oxygen atoms in total. The van der Waals surface area contributed by atoms with Crippen molar-refractivity contribution in [1.82, 2.24) is 15.2 Å². The van der Waals surface area contributed by atoms with Crippen molar-refractivity contribution >= 4 is 0 Å². The highest BCUT2D eigenvalue weighted by Crippen LogP contribution is 2.22. The minimum atomic E-state index is -4.09. The van der Waals surface area contributed by atoms with Gasteiger partial charge in [0.2, 0.25) is 0 Å². The molecule has 2 rings (SSSR count). The number of halogens is 3. The zero-order valence-corrected chi connectivity index (χ0v) is 11.5. The van der Waals surface area contributed by atoms with Crippen molar-refractivity contribution in [2.24, 2.45) is 5.92 Å². The lowest BCUT2D eigenvalue weighted by atomic mass is 10.1. The minimum Gasteiger partial charge on any atom is -0.309 e. The molecule has 1 aromatic heterocycles. The SMILES string of the molecule is C[C@@H](NC[C@H]1CCN(CC(F)(F)F)C1)c1ccccn1. The molecule has 0 spiro atoms. The summed E-state index contributed by atoms with van der Waals surface area (Å²) in [4.78, 5) is 5.75. The fourth-order valence-electron chi connectivity index (χ4n) is 2.56. The van der Waals surface area contributed by atoms with Gasteiger partial charge in [0.15, 0.2) is 0 Å². The van der Waals surface area contributed by atoms with E-state index in [4.69, 9.17) is 0 Å². The van der Waals surface area contributed by atoms with E-state index >= 15 is 0 Å². The molecule has 2 heterocycles. The third-order valence-electron chi connectivity index (χ3n) is 3.62. The number of rotatable bonds is 5. The second kappa shape index (κ2) is 6.54. The molecular formula is C14H20F3N3. The summed E-state index contributed by atoms with van der Waals surface area (Å²) in [6.07, 6.45) is -1.53. The Labute approximate surface area is 117 Å². The highest BCUT2D eigenvalue weighted by atomic mass is 19.4. The Hall–Kier alpha value is -1.14. The summed E-state index contributed by atoms with van der Waals surface area (Å²) in [6, 6.07) is 5.86. The standard InChI is InChI=1S/C14H20F3N3/c1-11(13-4-2-3-6-18-13)19-8-12-5-7-20(9-12)10-14(15,16)17/h2-4,6,11-12,19H,5,7-10H2,1H3/t11-,12-/m1/s1. The second-order valence-corrected chi connectivity index (χ2v) is 5.39. The van der Waals surface area contributed by atoms with Crippen molar-refractivity contribution in [3.8, 4) is 0 Å². The van der Waals surface area contributed by atoms with E-state index in [0.717, 1.165) is 18.7 Å². The number of aromatic nitrogens is 1. The summed E-state index contributed by atoms with van der Waals surface area (Å²) in [5.41, 5.74) is 0.956. The van der Waals surface area contributed by atoms with Crippen LogP contribution in [0.2, 0.25) is 0 Å². The van der Waals surface area contributed by atoms with Crippen molar-refractivity contribution in [2.45, 2.75) is 25.6 Å². The summed E-state index contributed by atoms with van der Waals surface area (Å²) < 4.78 is 36.9. The van der Waals surface area contributed by atoms with Gasteiger partial charge in [-0.1, -0.05) is 6.07 Å². The Bertz CT molecular complexity index is 408. The minimum absolute atomic E-state index is 0.118. The van der Waals surface area contributed by atoms with Crippen LogP contribution in [0.4, 0.5) is 13.2 Å². The Morgan fingerprint density at radius 1 is 1.45 bits per heavy atom. The van der Waals surface area contributed by atoms with E-state index in [1.165, 1.54) is 4.90 Å². The molecule has 1 aliphatic heterocycles. The summed E-state index contributed by atoms with van der Waals surface area (Å²) in [5.74, 6) is 0.281. The first-order valence-corrected chi connectivity index (χ1v) is 6.87. The van der Waals surface area contributed by atoms with Gasteiger partial charge in [-0.25, -0.2) is 0 Å². The fourth-order valence-corrected chi connectivity index (χ4v) is 2.56. The van der Waals surface area contributed by atoms with Crippen LogP contribution in [-0.2, 0) is 0 Å². The number of nitrogens with zero attached hydrogens (tertiary/aromatic N) is 2. The molecule has 6 heteroatoms. The van der Waals surface area contributed by atoms with Crippen LogP contribution in [0, 0.1) is 5.92 Å². The predicted molar refractivity (Wildman–Crippen MR) is 71.3 cm³/mol. The van der Waals surface area contributed by atoms with Gasteiger partial charge in [-0.3, -0.25) is 9.88 Å². The molecule has 112 valence electrons. The molecule has 0 bridgehead atoms. The van der Waals surface area contributed by atoms with Crippen LogP contribution in [0.1, 0.15) is 25.1 Å². The molecule has 0 radical (unpaired) electrons. The number of hydrogen-bond donors (Lipinski definition) is 1. The molecule has 0 aliphatic carbocycles. The molecule has 0 aromatic carbocycles.